The largest absolute Gasteiger partial charge is 0.497 e. The molecule has 0 saturated carbocycles. The Morgan fingerprint density at radius 1 is 0.795 bits per heavy atom. The third-order valence-electron chi connectivity index (χ3n) is 7.43. The number of hydrogen-bond donors (Lipinski definition) is 1. The van der Waals surface area contributed by atoms with Crippen LogP contribution in [0.1, 0.15) is 12.5 Å². The number of aryl methyl sites for hydroxylation is 1. The summed E-state index contributed by atoms with van der Waals surface area (Å²) >= 11 is 0. The standard InChI is InChI=1S/C35H32N4O5/c1-4-43-30-20-14-27(15-21-30)39-33(35(40)44-37-39)34-36-31(25-10-16-28(41-2)17-11-25)32(26-12-18-29(42-3)19-13-26)38(34)23-22-24-8-6-5-7-9-24/h5-21H,4,22-23H2,1-3H3/p+1. The van der Waals surface area contributed by atoms with Gasteiger partial charge in [0, 0.05) is 29.8 Å². The number of ether oxygens (including phenoxy) is 3. The predicted octanol–water partition coefficient (Wildman–Crippen LogP) is 6.10. The van der Waals surface area contributed by atoms with E-state index in [2.05, 4.69) is 22.0 Å². The Bertz CT molecular complexity index is 1890. The molecule has 0 aliphatic heterocycles. The summed E-state index contributed by atoms with van der Waals surface area (Å²) in [7, 11) is 3.28. The fourth-order valence-corrected chi connectivity index (χ4v) is 5.23. The quantitative estimate of drug-likeness (QED) is 0.184. The lowest BCUT2D eigenvalue weighted by Gasteiger charge is -2.13. The lowest BCUT2D eigenvalue weighted by atomic mass is 10.0. The minimum Gasteiger partial charge on any atom is -0.497 e. The molecule has 0 bridgehead atoms. The first-order valence-electron chi connectivity index (χ1n) is 14.4. The molecule has 4 aromatic carbocycles. The third-order valence-corrected chi connectivity index (χ3v) is 7.43. The summed E-state index contributed by atoms with van der Waals surface area (Å²) in [6, 6.07) is 33.3. The van der Waals surface area contributed by atoms with Gasteiger partial charge < -0.3 is 18.8 Å². The van der Waals surface area contributed by atoms with Crippen LogP contribution in [0, 0.1) is 0 Å². The number of aromatic nitrogens is 4. The number of hydrogen-bond acceptors (Lipinski definition) is 6. The van der Waals surface area contributed by atoms with E-state index in [-0.39, 0.29) is 5.69 Å². The molecule has 0 radical (unpaired) electrons. The Balaban J connectivity index is 1.58. The highest BCUT2D eigenvalue weighted by Crippen LogP contribution is 2.37. The number of methoxy groups -OCH3 is 2. The van der Waals surface area contributed by atoms with Crippen molar-refractivity contribution in [3.63, 3.8) is 0 Å². The smallest absolute Gasteiger partial charge is 0.439 e. The molecule has 9 nitrogen and oxygen atoms in total. The van der Waals surface area contributed by atoms with Gasteiger partial charge in [0.2, 0.25) is 11.5 Å². The van der Waals surface area contributed by atoms with Crippen LogP contribution >= 0.6 is 0 Å². The Hall–Kier alpha value is -5.57. The molecule has 2 heterocycles. The second-order valence-electron chi connectivity index (χ2n) is 10.1. The van der Waals surface area contributed by atoms with Crippen molar-refractivity contribution >= 4 is 0 Å². The summed E-state index contributed by atoms with van der Waals surface area (Å²) in [6.07, 6.45) is 0.716. The van der Waals surface area contributed by atoms with Crippen LogP contribution in [-0.4, -0.2) is 35.6 Å². The zero-order chi connectivity index (χ0) is 30.5. The van der Waals surface area contributed by atoms with Gasteiger partial charge in [-0.3, -0.25) is 4.52 Å². The first-order valence-corrected chi connectivity index (χ1v) is 14.4. The fraction of sp³-hybridized carbons (Fsp3) is 0.171. The number of rotatable bonds is 11. The van der Waals surface area contributed by atoms with Gasteiger partial charge in [-0.2, -0.15) is 0 Å². The first-order chi connectivity index (χ1) is 21.6. The van der Waals surface area contributed by atoms with Crippen molar-refractivity contribution in [3.8, 4) is 57.0 Å². The maximum atomic E-state index is 13.4. The van der Waals surface area contributed by atoms with E-state index in [1.807, 2.05) is 97.9 Å². The van der Waals surface area contributed by atoms with Gasteiger partial charge in [-0.1, -0.05) is 30.3 Å². The van der Waals surface area contributed by atoms with E-state index >= 15 is 0 Å². The maximum absolute atomic E-state index is 13.4. The topological polar surface area (TPSA) is 95.4 Å². The Morgan fingerprint density at radius 3 is 2.02 bits per heavy atom. The average molecular weight is 590 g/mol. The SMILES string of the molecule is CCOc1ccc(-[n+]2[nH]oc(=O)c2-c2nc(-c3ccc(OC)cc3)c(-c3ccc(OC)cc3)n2CCc2ccccc2)cc1. The maximum Gasteiger partial charge on any atom is 0.439 e. The minimum absolute atomic E-state index is 0.275. The van der Waals surface area contributed by atoms with Crippen molar-refractivity contribution in [2.24, 2.45) is 0 Å². The van der Waals surface area contributed by atoms with Crippen LogP contribution in [0.15, 0.2) is 112 Å². The molecule has 0 spiro atoms. The second-order valence-corrected chi connectivity index (χ2v) is 10.1. The molecule has 1 N–H and O–H groups in total. The third kappa shape index (κ3) is 5.72. The zero-order valence-electron chi connectivity index (χ0n) is 24.8. The van der Waals surface area contributed by atoms with Crippen LogP contribution in [0.3, 0.4) is 0 Å². The molecule has 0 unspecified atom stereocenters. The molecule has 0 saturated heterocycles. The zero-order valence-corrected chi connectivity index (χ0v) is 24.8. The van der Waals surface area contributed by atoms with Gasteiger partial charge in [0.15, 0.2) is 0 Å². The molecule has 6 rings (SSSR count). The number of imidazole rings is 1. The Labute approximate surface area is 254 Å². The lowest BCUT2D eigenvalue weighted by Crippen LogP contribution is -2.37. The Kier molecular flexibility index (Phi) is 8.27. The van der Waals surface area contributed by atoms with Crippen molar-refractivity contribution < 1.29 is 23.4 Å². The van der Waals surface area contributed by atoms with Crippen molar-refractivity contribution in [1.29, 1.82) is 0 Å². The van der Waals surface area contributed by atoms with E-state index < -0.39 is 5.63 Å². The molecule has 44 heavy (non-hydrogen) atoms. The minimum atomic E-state index is -0.535. The first kappa shape index (κ1) is 28.5. The van der Waals surface area contributed by atoms with Gasteiger partial charge >= 0.3 is 11.3 Å². The second kappa shape index (κ2) is 12.7. The fourth-order valence-electron chi connectivity index (χ4n) is 5.23. The monoisotopic (exact) mass is 589 g/mol. The van der Waals surface area contributed by atoms with Crippen molar-refractivity contribution in [1.82, 2.24) is 14.8 Å². The Morgan fingerprint density at radius 2 is 1.41 bits per heavy atom. The van der Waals surface area contributed by atoms with Crippen LogP contribution in [-0.2, 0) is 13.0 Å². The molecule has 0 aliphatic rings. The van der Waals surface area contributed by atoms with Gasteiger partial charge in [-0.15, -0.1) is 0 Å². The predicted molar refractivity (Wildman–Crippen MR) is 167 cm³/mol. The normalized spacial score (nSPS) is 11.0. The van der Waals surface area contributed by atoms with E-state index in [0.29, 0.717) is 31.1 Å². The van der Waals surface area contributed by atoms with Crippen LogP contribution in [0.5, 0.6) is 17.2 Å². The van der Waals surface area contributed by atoms with Gasteiger partial charge in [0.05, 0.1) is 32.2 Å². The molecule has 0 aliphatic carbocycles. The molecule has 2 aromatic heterocycles. The van der Waals surface area contributed by atoms with Gasteiger partial charge in [-0.05, 0) is 89.5 Å². The number of H-pyrrole nitrogens is 1. The number of benzene rings is 4. The van der Waals surface area contributed by atoms with E-state index in [1.54, 1.807) is 18.9 Å². The molecular formula is C35H33N4O5+. The van der Waals surface area contributed by atoms with E-state index in [4.69, 9.17) is 23.7 Å². The highest BCUT2D eigenvalue weighted by Gasteiger charge is 2.33. The van der Waals surface area contributed by atoms with Crippen molar-refractivity contribution in [2.75, 3.05) is 20.8 Å². The number of nitrogens with one attached hydrogen (secondary N) is 1. The summed E-state index contributed by atoms with van der Waals surface area (Å²) in [4.78, 5) is 18.6. The van der Waals surface area contributed by atoms with Gasteiger partial charge in [-0.25, -0.2) is 9.78 Å². The van der Waals surface area contributed by atoms with Crippen LogP contribution in [0.4, 0.5) is 0 Å². The summed E-state index contributed by atoms with van der Waals surface area (Å²) in [5.41, 5.74) is 4.99. The summed E-state index contributed by atoms with van der Waals surface area (Å²) < 4.78 is 25.6. The summed E-state index contributed by atoms with van der Waals surface area (Å²) in [5.74, 6) is 2.69. The van der Waals surface area contributed by atoms with Crippen LogP contribution in [0.25, 0.3) is 39.7 Å². The molecule has 9 heteroatoms. The van der Waals surface area contributed by atoms with Gasteiger partial charge in [0.1, 0.15) is 17.2 Å². The molecule has 0 amide bonds. The van der Waals surface area contributed by atoms with Crippen molar-refractivity contribution in [3.05, 3.63) is 119 Å². The van der Waals surface area contributed by atoms with E-state index in [0.717, 1.165) is 39.8 Å². The lowest BCUT2D eigenvalue weighted by molar-refractivity contribution is -0.660. The molecule has 222 valence electrons. The summed E-state index contributed by atoms with van der Waals surface area (Å²) in [5, 5.41) is 2.78. The number of nitrogens with zero attached hydrogens (tertiary/aromatic N) is 3. The van der Waals surface area contributed by atoms with Crippen LogP contribution < -0.4 is 24.5 Å². The van der Waals surface area contributed by atoms with Crippen LogP contribution in [0.2, 0.25) is 0 Å². The molecule has 0 atom stereocenters. The average Bonchev–Trinajstić information content (AvgIpc) is 3.64. The molecular weight excluding hydrogens is 556 g/mol. The highest BCUT2D eigenvalue weighted by molar-refractivity contribution is 5.82. The van der Waals surface area contributed by atoms with E-state index in [9.17, 15) is 4.79 Å². The number of aromatic amines is 1. The summed E-state index contributed by atoms with van der Waals surface area (Å²) in [6.45, 7) is 3.05. The molecule has 0 fully saturated rings. The van der Waals surface area contributed by atoms with Crippen molar-refractivity contribution in [2.45, 2.75) is 19.9 Å². The molecule has 6 aromatic rings. The van der Waals surface area contributed by atoms with Gasteiger partial charge in [0.25, 0.3) is 0 Å². The van der Waals surface area contributed by atoms with E-state index in [1.165, 1.54) is 5.56 Å². The highest BCUT2D eigenvalue weighted by atomic mass is 16.5.